The first-order chi connectivity index (χ1) is 8.52. The summed E-state index contributed by atoms with van der Waals surface area (Å²) in [7, 11) is 0. The molecule has 1 heteroatoms. The Labute approximate surface area is 114 Å². The minimum atomic E-state index is 0.608. The highest BCUT2D eigenvalue weighted by Crippen LogP contribution is 2.30. The van der Waals surface area contributed by atoms with Crippen LogP contribution in [0.1, 0.15) is 66.7 Å². The number of hydrogen-bond acceptors (Lipinski definition) is 1. The van der Waals surface area contributed by atoms with Crippen LogP contribution in [0.2, 0.25) is 0 Å². The summed E-state index contributed by atoms with van der Waals surface area (Å²) < 4.78 is 0. The Morgan fingerprint density at radius 1 is 1.28 bits per heavy atom. The lowest BCUT2D eigenvalue weighted by molar-refractivity contribution is 0.639. The van der Waals surface area contributed by atoms with Gasteiger partial charge in [-0.25, -0.2) is 0 Å². The Morgan fingerprint density at radius 3 is 2.22 bits per heavy atom. The molecule has 0 radical (unpaired) electrons. The number of rotatable bonds is 4. The van der Waals surface area contributed by atoms with Gasteiger partial charge in [-0.3, -0.25) is 4.99 Å². The van der Waals surface area contributed by atoms with Crippen molar-refractivity contribution in [3.8, 4) is 0 Å². The largest absolute Gasteiger partial charge is 0.262 e. The zero-order valence-electron chi connectivity index (χ0n) is 13.0. The van der Waals surface area contributed by atoms with Crippen LogP contribution < -0.4 is 0 Å². The maximum atomic E-state index is 4.43. The molecule has 104 valence electrons. The van der Waals surface area contributed by atoms with Crippen molar-refractivity contribution in [2.75, 3.05) is 0 Å². The van der Waals surface area contributed by atoms with Crippen molar-refractivity contribution in [2.45, 2.75) is 66.7 Å². The predicted octanol–water partition coefficient (Wildman–Crippen LogP) is 5.78. The fourth-order valence-corrected chi connectivity index (χ4v) is 1.81. The molecule has 0 aromatic rings. The first-order valence-electron chi connectivity index (χ1n) is 7.42. The molecule has 0 bridgehead atoms. The van der Waals surface area contributed by atoms with Crippen LogP contribution >= 0.6 is 0 Å². The molecule has 0 atom stereocenters. The first kappa shape index (κ1) is 17.2. The first-order valence-corrected chi connectivity index (χ1v) is 7.42. The number of allylic oxidation sites excluding steroid dienone is 3. The second kappa shape index (κ2) is 10.1. The number of aliphatic imine (C=N–C) groups is 1. The molecule has 0 heterocycles. The van der Waals surface area contributed by atoms with Gasteiger partial charge in [-0.05, 0) is 31.8 Å². The van der Waals surface area contributed by atoms with Crippen molar-refractivity contribution >= 4 is 6.21 Å². The lowest BCUT2D eigenvalue weighted by atomic mass is 10.1. The highest BCUT2D eigenvalue weighted by molar-refractivity contribution is 5.73. The van der Waals surface area contributed by atoms with Crippen LogP contribution in [0.4, 0.5) is 0 Å². The molecular formula is C17H31N. The van der Waals surface area contributed by atoms with Crippen molar-refractivity contribution in [3.63, 3.8) is 0 Å². The third-order valence-corrected chi connectivity index (χ3v) is 3.31. The van der Waals surface area contributed by atoms with Crippen LogP contribution in [0.5, 0.6) is 0 Å². The average molecular weight is 249 g/mol. The van der Waals surface area contributed by atoms with E-state index in [9.17, 15) is 0 Å². The summed E-state index contributed by atoms with van der Waals surface area (Å²) in [5, 5.41) is 0. The summed E-state index contributed by atoms with van der Waals surface area (Å²) in [5.41, 5.74) is 2.44. The van der Waals surface area contributed by atoms with Crippen LogP contribution in [0, 0.1) is 11.8 Å². The lowest BCUT2D eigenvalue weighted by Gasteiger charge is -2.07. The predicted molar refractivity (Wildman–Crippen MR) is 84.2 cm³/mol. The van der Waals surface area contributed by atoms with E-state index in [0.717, 1.165) is 5.70 Å². The summed E-state index contributed by atoms with van der Waals surface area (Å²) >= 11 is 0. The van der Waals surface area contributed by atoms with Crippen molar-refractivity contribution < 1.29 is 0 Å². The third kappa shape index (κ3) is 7.47. The molecule has 1 aliphatic carbocycles. The minimum Gasteiger partial charge on any atom is -0.262 e. The van der Waals surface area contributed by atoms with Gasteiger partial charge in [0, 0.05) is 17.8 Å². The van der Waals surface area contributed by atoms with Crippen molar-refractivity contribution in [2.24, 2.45) is 16.8 Å². The van der Waals surface area contributed by atoms with Crippen LogP contribution in [0.25, 0.3) is 0 Å². The van der Waals surface area contributed by atoms with Gasteiger partial charge in [0.2, 0.25) is 0 Å². The molecule has 1 nitrogen and oxygen atoms in total. The Kier molecular flexibility index (Phi) is 9.63. The molecule has 0 aliphatic heterocycles. The highest BCUT2D eigenvalue weighted by Gasteiger charge is 2.16. The lowest BCUT2D eigenvalue weighted by Crippen LogP contribution is -1.95. The monoisotopic (exact) mass is 249 g/mol. The van der Waals surface area contributed by atoms with E-state index >= 15 is 0 Å². The molecule has 1 rings (SSSR count). The summed E-state index contributed by atoms with van der Waals surface area (Å²) in [5.74, 6) is 1.25. The molecular weight excluding hydrogens is 218 g/mol. The minimum absolute atomic E-state index is 0.608. The molecule has 1 saturated carbocycles. The zero-order valence-corrected chi connectivity index (χ0v) is 13.0. The molecule has 0 aromatic carbocycles. The maximum absolute atomic E-state index is 4.43. The Balaban J connectivity index is 0.000000873. The fraction of sp³-hybridized carbons (Fsp3) is 0.706. The van der Waals surface area contributed by atoms with Gasteiger partial charge in [0.25, 0.3) is 0 Å². The van der Waals surface area contributed by atoms with Crippen molar-refractivity contribution in [1.29, 1.82) is 0 Å². The van der Waals surface area contributed by atoms with Crippen LogP contribution in [0.15, 0.2) is 28.9 Å². The summed E-state index contributed by atoms with van der Waals surface area (Å²) in [6, 6.07) is 0. The van der Waals surface area contributed by atoms with Crippen LogP contribution in [-0.4, -0.2) is 6.21 Å². The summed E-state index contributed by atoms with van der Waals surface area (Å²) in [4.78, 5) is 4.43. The SMILES string of the molecule is C=C(N=C/C=C(\C)C(C)C)C1CCCC1.CCC. The van der Waals surface area contributed by atoms with E-state index in [1.54, 1.807) is 0 Å². The van der Waals surface area contributed by atoms with Gasteiger partial charge in [-0.1, -0.05) is 59.1 Å². The summed E-state index contributed by atoms with van der Waals surface area (Å²) in [6.45, 7) is 14.8. The molecule has 0 amide bonds. The smallest absolute Gasteiger partial charge is 0.0362 e. The molecule has 0 saturated heterocycles. The van der Waals surface area contributed by atoms with Gasteiger partial charge in [-0.15, -0.1) is 0 Å². The van der Waals surface area contributed by atoms with Crippen molar-refractivity contribution in [1.82, 2.24) is 0 Å². The fourth-order valence-electron chi connectivity index (χ4n) is 1.81. The number of nitrogens with zero attached hydrogens (tertiary/aromatic N) is 1. The molecule has 0 unspecified atom stereocenters. The standard InChI is InChI=1S/C14H23N.C3H8/c1-11(2)12(3)9-10-15-13(4)14-7-5-6-8-14;1-3-2/h9-11,14H,4-8H2,1-3H3;3H2,1-2H3/b12-9+,15-10?;. The average Bonchev–Trinajstić information content (AvgIpc) is 2.83. The molecule has 0 aromatic heterocycles. The van der Waals surface area contributed by atoms with E-state index in [1.165, 1.54) is 37.7 Å². The number of hydrogen-bond donors (Lipinski definition) is 0. The van der Waals surface area contributed by atoms with E-state index in [2.05, 4.69) is 52.3 Å². The van der Waals surface area contributed by atoms with E-state index in [0.29, 0.717) is 11.8 Å². The van der Waals surface area contributed by atoms with Gasteiger partial charge >= 0.3 is 0 Å². The van der Waals surface area contributed by atoms with Crippen LogP contribution in [-0.2, 0) is 0 Å². The normalized spacial score (nSPS) is 17.1. The van der Waals surface area contributed by atoms with Gasteiger partial charge in [0.1, 0.15) is 0 Å². The summed E-state index contributed by atoms with van der Waals surface area (Å²) in [6.07, 6.45) is 10.5. The maximum Gasteiger partial charge on any atom is 0.0362 e. The van der Waals surface area contributed by atoms with E-state index in [1.807, 2.05) is 6.21 Å². The highest BCUT2D eigenvalue weighted by atomic mass is 14.7. The molecule has 0 spiro atoms. The zero-order chi connectivity index (χ0) is 14.0. The quantitative estimate of drug-likeness (QED) is 0.560. The van der Waals surface area contributed by atoms with Gasteiger partial charge in [0.15, 0.2) is 0 Å². The molecule has 1 aliphatic rings. The van der Waals surface area contributed by atoms with Gasteiger partial charge in [-0.2, -0.15) is 0 Å². The Bertz CT molecular complexity index is 278. The van der Waals surface area contributed by atoms with Crippen molar-refractivity contribution in [3.05, 3.63) is 23.9 Å². The molecule has 18 heavy (non-hydrogen) atoms. The third-order valence-electron chi connectivity index (χ3n) is 3.31. The molecule has 1 fully saturated rings. The Hall–Kier alpha value is -0.850. The van der Waals surface area contributed by atoms with Crippen LogP contribution in [0.3, 0.4) is 0 Å². The Morgan fingerprint density at radius 2 is 1.78 bits per heavy atom. The van der Waals surface area contributed by atoms with E-state index in [4.69, 9.17) is 0 Å². The second-order valence-electron chi connectivity index (χ2n) is 5.52. The second-order valence-corrected chi connectivity index (χ2v) is 5.52. The van der Waals surface area contributed by atoms with E-state index in [-0.39, 0.29) is 0 Å². The van der Waals surface area contributed by atoms with E-state index < -0.39 is 0 Å². The molecule has 0 N–H and O–H groups in total. The topological polar surface area (TPSA) is 12.4 Å². The van der Waals surface area contributed by atoms with Gasteiger partial charge < -0.3 is 0 Å². The van der Waals surface area contributed by atoms with Gasteiger partial charge in [0.05, 0.1) is 0 Å².